The first-order chi connectivity index (χ1) is 6.22. The van der Waals surface area contributed by atoms with Gasteiger partial charge in [-0.25, -0.2) is 0 Å². The van der Waals surface area contributed by atoms with Crippen LogP contribution >= 0.6 is 0 Å². The molecule has 1 saturated carbocycles. The van der Waals surface area contributed by atoms with Crippen LogP contribution in [0.4, 0.5) is 0 Å². The van der Waals surface area contributed by atoms with Crippen LogP contribution in [0.5, 0.6) is 0 Å². The van der Waals surface area contributed by atoms with Gasteiger partial charge in [0.05, 0.1) is 0 Å². The molecular formula is C11H22N2. The first-order valence-electron chi connectivity index (χ1n) is 5.35. The molecule has 0 saturated heterocycles. The van der Waals surface area contributed by atoms with Crippen LogP contribution in [0.3, 0.4) is 0 Å². The molecule has 76 valence electrons. The SMILES string of the molecule is C=CCC(C)NC1CCC(N)CC1. The molecule has 0 aromatic carbocycles. The zero-order valence-corrected chi connectivity index (χ0v) is 8.63. The van der Waals surface area contributed by atoms with Gasteiger partial charge >= 0.3 is 0 Å². The van der Waals surface area contributed by atoms with Crippen LogP contribution in [0, 0.1) is 0 Å². The van der Waals surface area contributed by atoms with Crippen LogP contribution in [0.25, 0.3) is 0 Å². The van der Waals surface area contributed by atoms with E-state index in [1.165, 1.54) is 25.7 Å². The smallest absolute Gasteiger partial charge is 0.00757 e. The van der Waals surface area contributed by atoms with E-state index in [1.807, 2.05) is 6.08 Å². The zero-order chi connectivity index (χ0) is 9.68. The highest BCUT2D eigenvalue weighted by Gasteiger charge is 2.18. The lowest BCUT2D eigenvalue weighted by molar-refractivity contribution is 0.320. The van der Waals surface area contributed by atoms with Crippen molar-refractivity contribution in [2.45, 2.75) is 57.2 Å². The molecule has 0 amide bonds. The molecule has 1 aliphatic carbocycles. The molecule has 1 unspecified atom stereocenters. The Labute approximate surface area is 81.6 Å². The van der Waals surface area contributed by atoms with Crippen LogP contribution in [0.1, 0.15) is 39.0 Å². The van der Waals surface area contributed by atoms with E-state index in [4.69, 9.17) is 5.73 Å². The fraction of sp³-hybridized carbons (Fsp3) is 0.818. The maximum Gasteiger partial charge on any atom is 0.00757 e. The van der Waals surface area contributed by atoms with Crippen molar-refractivity contribution in [3.8, 4) is 0 Å². The van der Waals surface area contributed by atoms with Gasteiger partial charge in [-0.1, -0.05) is 6.08 Å². The van der Waals surface area contributed by atoms with Gasteiger partial charge in [0.15, 0.2) is 0 Å². The third-order valence-corrected chi connectivity index (χ3v) is 2.81. The predicted molar refractivity (Wildman–Crippen MR) is 57.6 cm³/mol. The Bertz CT molecular complexity index is 148. The van der Waals surface area contributed by atoms with Crippen LogP contribution in [-0.4, -0.2) is 18.1 Å². The first-order valence-corrected chi connectivity index (χ1v) is 5.35. The molecule has 2 nitrogen and oxygen atoms in total. The second-order valence-electron chi connectivity index (χ2n) is 4.20. The second-order valence-corrected chi connectivity index (χ2v) is 4.20. The number of nitrogens with two attached hydrogens (primary N) is 1. The molecular weight excluding hydrogens is 160 g/mol. The summed E-state index contributed by atoms with van der Waals surface area (Å²) in [5.41, 5.74) is 5.84. The van der Waals surface area contributed by atoms with E-state index in [1.54, 1.807) is 0 Å². The van der Waals surface area contributed by atoms with Gasteiger partial charge in [-0.3, -0.25) is 0 Å². The highest BCUT2D eigenvalue weighted by molar-refractivity contribution is 4.83. The molecule has 2 heteroatoms. The van der Waals surface area contributed by atoms with Crippen LogP contribution in [-0.2, 0) is 0 Å². The van der Waals surface area contributed by atoms with Crippen LogP contribution < -0.4 is 11.1 Å². The molecule has 0 aromatic heterocycles. The molecule has 0 aliphatic heterocycles. The van der Waals surface area contributed by atoms with Crippen LogP contribution in [0.15, 0.2) is 12.7 Å². The molecule has 1 rings (SSSR count). The summed E-state index contributed by atoms with van der Waals surface area (Å²) in [6.07, 6.45) is 7.87. The van der Waals surface area contributed by atoms with Gasteiger partial charge in [0.25, 0.3) is 0 Å². The van der Waals surface area contributed by atoms with Gasteiger partial charge in [0, 0.05) is 18.1 Å². The highest BCUT2D eigenvalue weighted by atomic mass is 14.9. The fourth-order valence-corrected chi connectivity index (χ4v) is 2.01. The van der Waals surface area contributed by atoms with E-state index in [-0.39, 0.29) is 0 Å². The molecule has 0 aromatic rings. The van der Waals surface area contributed by atoms with Crippen molar-refractivity contribution in [2.75, 3.05) is 0 Å². The summed E-state index contributed by atoms with van der Waals surface area (Å²) in [6.45, 7) is 5.96. The Hall–Kier alpha value is -0.340. The summed E-state index contributed by atoms with van der Waals surface area (Å²) in [5, 5.41) is 3.61. The number of hydrogen-bond donors (Lipinski definition) is 2. The third kappa shape index (κ3) is 3.92. The van der Waals surface area contributed by atoms with Crippen molar-refractivity contribution in [3.05, 3.63) is 12.7 Å². The third-order valence-electron chi connectivity index (χ3n) is 2.81. The number of hydrogen-bond acceptors (Lipinski definition) is 2. The zero-order valence-electron chi connectivity index (χ0n) is 8.63. The lowest BCUT2D eigenvalue weighted by Crippen LogP contribution is -2.41. The molecule has 0 bridgehead atoms. The van der Waals surface area contributed by atoms with Crippen molar-refractivity contribution in [3.63, 3.8) is 0 Å². The quantitative estimate of drug-likeness (QED) is 0.651. The van der Waals surface area contributed by atoms with Gasteiger partial charge in [-0.2, -0.15) is 0 Å². The Morgan fingerprint density at radius 3 is 2.62 bits per heavy atom. The van der Waals surface area contributed by atoms with Gasteiger partial charge in [0.1, 0.15) is 0 Å². The number of nitrogens with one attached hydrogen (secondary N) is 1. The minimum Gasteiger partial charge on any atom is -0.328 e. The predicted octanol–water partition coefficient (Wildman–Crippen LogP) is 1.81. The Morgan fingerprint density at radius 1 is 1.46 bits per heavy atom. The molecule has 1 atom stereocenters. The lowest BCUT2D eigenvalue weighted by Gasteiger charge is -2.29. The van der Waals surface area contributed by atoms with Crippen molar-refractivity contribution < 1.29 is 0 Å². The summed E-state index contributed by atoms with van der Waals surface area (Å²) >= 11 is 0. The van der Waals surface area contributed by atoms with Gasteiger partial charge < -0.3 is 11.1 Å². The minimum atomic E-state index is 0.452. The highest BCUT2D eigenvalue weighted by Crippen LogP contribution is 2.17. The molecule has 13 heavy (non-hydrogen) atoms. The van der Waals surface area contributed by atoms with E-state index in [0.29, 0.717) is 18.1 Å². The second kappa shape index (κ2) is 5.40. The Kier molecular flexibility index (Phi) is 4.46. The molecule has 0 radical (unpaired) electrons. The van der Waals surface area contributed by atoms with Gasteiger partial charge in [-0.15, -0.1) is 6.58 Å². The fourth-order valence-electron chi connectivity index (χ4n) is 2.01. The number of rotatable bonds is 4. The summed E-state index contributed by atoms with van der Waals surface area (Å²) in [4.78, 5) is 0. The Morgan fingerprint density at radius 2 is 2.08 bits per heavy atom. The lowest BCUT2D eigenvalue weighted by atomic mass is 9.91. The van der Waals surface area contributed by atoms with Crippen molar-refractivity contribution in [1.29, 1.82) is 0 Å². The normalized spacial score (nSPS) is 31.2. The molecule has 1 aliphatic rings. The summed E-state index contributed by atoms with van der Waals surface area (Å²) in [5.74, 6) is 0. The average Bonchev–Trinajstić information content (AvgIpc) is 2.09. The minimum absolute atomic E-state index is 0.452. The van der Waals surface area contributed by atoms with E-state index >= 15 is 0 Å². The van der Waals surface area contributed by atoms with Crippen molar-refractivity contribution >= 4 is 0 Å². The molecule has 0 spiro atoms. The van der Waals surface area contributed by atoms with Gasteiger partial charge in [0.2, 0.25) is 0 Å². The summed E-state index contributed by atoms with van der Waals surface area (Å²) < 4.78 is 0. The largest absolute Gasteiger partial charge is 0.328 e. The van der Waals surface area contributed by atoms with Gasteiger partial charge in [-0.05, 0) is 39.0 Å². The topological polar surface area (TPSA) is 38.0 Å². The molecule has 0 heterocycles. The van der Waals surface area contributed by atoms with E-state index < -0.39 is 0 Å². The van der Waals surface area contributed by atoms with E-state index in [0.717, 1.165) is 6.42 Å². The summed E-state index contributed by atoms with van der Waals surface area (Å²) in [7, 11) is 0. The maximum absolute atomic E-state index is 5.84. The van der Waals surface area contributed by atoms with Crippen LogP contribution in [0.2, 0.25) is 0 Å². The monoisotopic (exact) mass is 182 g/mol. The molecule has 3 N–H and O–H groups in total. The average molecular weight is 182 g/mol. The summed E-state index contributed by atoms with van der Waals surface area (Å²) in [6, 6.07) is 1.71. The van der Waals surface area contributed by atoms with E-state index in [2.05, 4.69) is 18.8 Å². The maximum atomic E-state index is 5.84. The van der Waals surface area contributed by atoms with Crippen molar-refractivity contribution in [1.82, 2.24) is 5.32 Å². The molecule has 1 fully saturated rings. The van der Waals surface area contributed by atoms with E-state index in [9.17, 15) is 0 Å². The standard InChI is InChI=1S/C11H22N2/c1-3-4-9(2)13-11-7-5-10(12)6-8-11/h3,9-11,13H,1,4-8,12H2,2H3. The first kappa shape index (κ1) is 10.7. The Balaban J connectivity index is 2.18. The van der Waals surface area contributed by atoms with Crippen molar-refractivity contribution in [2.24, 2.45) is 5.73 Å².